The van der Waals surface area contributed by atoms with E-state index in [0.29, 0.717) is 12.2 Å². The standard InChI is InChI=1S/C19H20N8O/c28-18(25-12-15-3-1-4-20-11-15)16-13-24-17(14-23-16)26-7-9-27(10-8-26)19-21-5-2-6-22-19/h1-6,11,13-14H,7-10,12H2,(H,25,28). The van der Waals surface area contributed by atoms with Crippen LogP contribution in [0.3, 0.4) is 0 Å². The van der Waals surface area contributed by atoms with Gasteiger partial charge in [0.15, 0.2) is 0 Å². The Bertz CT molecular complexity index is 896. The second-order valence-corrected chi connectivity index (χ2v) is 6.33. The highest BCUT2D eigenvalue weighted by atomic mass is 16.1. The summed E-state index contributed by atoms with van der Waals surface area (Å²) in [7, 11) is 0. The van der Waals surface area contributed by atoms with Crippen molar-refractivity contribution < 1.29 is 4.79 Å². The van der Waals surface area contributed by atoms with E-state index in [0.717, 1.165) is 43.5 Å². The average molecular weight is 376 g/mol. The van der Waals surface area contributed by atoms with E-state index >= 15 is 0 Å². The summed E-state index contributed by atoms with van der Waals surface area (Å²) in [5.74, 6) is 1.25. The van der Waals surface area contributed by atoms with E-state index in [9.17, 15) is 4.79 Å². The maximum atomic E-state index is 12.2. The van der Waals surface area contributed by atoms with Gasteiger partial charge >= 0.3 is 0 Å². The summed E-state index contributed by atoms with van der Waals surface area (Å²) in [6.45, 7) is 3.59. The third-order valence-corrected chi connectivity index (χ3v) is 4.49. The number of piperazine rings is 1. The lowest BCUT2D eigenvalue weighted by molar-refractivity contribution is 0.0945. The number of hydrogen-bond acceptors (Lipinski definition) is 8. The summed E-state index contributed by atoms with van der Waals surface area (Å²) in [4.78, 5) is 37.8. The molecular formula is C19H20N8O. The predicted octanol–water partition coefficient (Wildman–Crippen LogP) is 0.918. The number of rotatable bonds is 5. The fourth-order valence-corrected chi connectivity index (χ4v) is 2.97. The number of nitrogens with one attached hydrogen (secondary N) is 1. The molecule has 9 heteroatoms. The van der Waals surface area contributed by atoms with Crippen LogP contribution in [0, 0.1) is 0 Å². The van der Waals surface area contributed by atoms with Crippen LogP contribution in [-0.2, 0) is 6.54 Å². The zero-order valence-corrected chi connectivity index (χ0v) is 15.3. The fourth-order valence-electron chi connectivity index (χ4n) is 2.97. The maximum absolute atomic E-state index is 12.2. The van der Waals surface area contributed by atoms with Crippen LogP contribution in [0.2, 0.25) is 0 Å². The van der Waals surface area contributed by atoms with Gasteiger partial charge in [-0.2, -0.15) is 0 Å². The van der Waals surface area contributed by atoms with Gasteiger partial charge in [-0.1, -0.05) is 6.07 Å². The van der Waals surface area contributed by atoms with Gasteiger partial charge in [0, 0.05) is 57.5 Å². The highest BCUT2D eigenvalue weighted by Crippen LogP contribution is 2.15. The van der Waals surface area contributed by atoms with E-state index < -0.39 is 0 Å². The number of hydrogen-bond donors (Lipinski definition) is 1. The van der Waals surface area contributed by atoms with Gasteiger partial charge in [0.2, 0.25) is 5.95 Å². The van der Waals surface area contributed by atoms with Gasteiger partial charge in [-0.15, -0.1) is 0 Å². The first kappa shape index (κ1) is 17.8. The van der Waals surface area contributed by atoms with Crippen LogP contribution in [0.5, 0.6) is 0 Å². The Balaban J connectivity index is 1.31. The first-order valence-electron chi connectivity index (χ1n) is 9.06. The molecule has 0 aromatic carbocycles. The monoisotopic (exact) mass is 376 g/mol. The smallest absolute Gasteiger partial charge is 0.271 e. The van der Waals surface area contributed by atoms with Crippen LogP contribution in [-0.4, -0.2) is 57.0 Å². The van der Waals surface area contributed by atoms with Crippen LogP contribution in [0.1, 0.15) is 16.1 Å². The number of pyridine rings is 1. The van der Waals surface area contributed by atoms with E-state index in [-0.39, 0.29) is 5.91 Å². The maximum Gasteiger partial charge on any atom is 0.271 e. The van der Waals surface area contributed by atoms with Crippen LogP contribution in [0.15, 0.2) is 55.4 Å². The molecule has 0 bridgehead atoms. The minimum atomic E-state index is -0.256. The first-order valence-corrected chi connectivity index (χ1v) is 9.06. The molecular weight excluding hydrogens is 356 g/mol. The van der Waals surface area contributed by atoms with Crippen molar-refractivity contribution in [3.05, 3.63) is 66.6 Å². The molecule has 1 N–H and O–H groups in total. The van der Waals surface area contributed by atoms with Gasteiger partial charge < -0.3 is 15.1 Å². The molecule has 1 aliphatic rings. The number of carbonyl (C=O) groups is 1. The van der Waals surface area contributed by atoms with Crippen LogP contribution >= 0.6 is 0 Å². The molecule has 1 amide bonds. The zero-order chi connectivity index (χ0) is 19.2. The minimum Gasteiger partial charge on any atom is -0.352 e. The molecule has 4 rings (SSSR count). The molecule has 0 spiro atoms. The molecule has 1 fully saturated rings. The van der Waals surface area contributed by atoms with E-state index in [2.05, 4.69) is 40.0 Å². The summed E-state index contributed by atoms with van der Waals surface area (Å²) in [5, 5.41) is 2.82. The largest absolute Gasteiger partial charge is 0.352 e. The molecule has 1 aliphatic heterocycles. The second kappa shape index (κ2) is 8.38. The molecule has 142 valence electrons. The lowest BCUT2D eigenvalue weighted by Gasteiger charge is -2.35. The first-order chi connectivity index (χ1) is 13.8. The molecule has 0 radical (unpaired) electrons. The van der Waals surface area contributed by atoms with Crippen molar-refractivity contribution in [2.24, 2.45) is 0 Å². The number of nitrogens with zero attached hydrogens (tertiary/aromatic N) is 7. The fraction of sp³-hybridized carbons (Fsp3) is 0.263. The topological polar surface area (TPSA) is 100 Å². The normalized spacial score (nSPS) is 14.0. The van der Waals surface area contributed by atoms with Crippen molar-refractivity contribution in [2.75, 3.05) is 36.0 Å². The SMILES string of the molecule is O=C(NCc1cccnc1)c1cnc(N2CCN(c3ncccn3)CC2)cn1. The Morgan fingerprint density at radius 2 is 1.68 bits per heavy atom. The zero-order valence-electron chi connectivity index (χ0n) is 15.3. The molecule has 3 aromatic heterocycles. The molecule has 4 heterocycles. The van der Waals surface area contributed by atoms with Crippen molar-refractivity contribution in [1.29, 1.82) is 0 Å². The Labute approximate surface area is 162 Å². The van der Waals surface area contributed by atoms with Gasteiger partial charge in [0.1, 0.15) is 11.5 Å². The molecule has 0 unspecified atom stereocenters. The highest BCUT2D eigenvalue weighted by Gasteiger charge is 2.20. The number of amides is 1. The number of aromatic nitrogens is 5. The molecule has 0 aliphatic carbocycles. The quantitative estimate of drug-likeness (QED) is 0.702. The lowest BCUT2D eigenvalue weighted by Crippen LogP contribution is -2.47. The van der Waals surface area contributed by atoms with Crippen molar-refractivity contribution in [3.8, 4) is 0 Å². The van der Waals surface area contributed by atoms with Gasteiger partial charge in [0.05, 0.1) is 12.4 Å². The van der Waals surface area contributed by atoms with Crippen molar-refractivity contribution in [3.63, 3.8) is 0 Å². The summed E-state index contributed by atoms with van der Waals surface area (Å²) >= 11 is 0. The molecule has 28 heavy (non-hydrogen) atoms. The molecule has 0 saturated carbocycles. The van der Waals surface area contributed by atoms with E-state index in [4.69, 9.17) is 0 Å². The van der Waals surface area contributed by atoms with Crippen molar-refractivity contribution in [2.45, 2.75) is 6.54 Å². The molecule has 1 saturated heterocycles. The van der Waals surface area contributed by atoms with Gasteiger partial charge in [-0.05, 0) is 17.7 Å². The van der Waals surface area contributed by atoms with Gasteiger partial charge in [-0.3, -0.25) is 9.78 Å². The summed E-state index contributed by atoms with van der Waals surface area (Å²) in [5.41, 5.74) is 1.23. The van der Waals surface area contributed by atoms with Gasteiger partial charge in [0.25, 0.3) is 5.91 Å². The van der Waals surface area contributed by atoms with E-state index in [1.807, 2.05) is 18.2 Å². The van der Waals surface area contributed by atoms with Gasteiger partial charge in [-0.25, -0.2) is 19.9 Å². The number of carbonyl (C=O) groups excluding carboxylic acids is 1. The van der Waals surface area contributed by atoms with Crippen LogP contribution in [0.25, 0.3) is 0 Å². The summed E-state index contributed by atoms with van der Waals surface area (Å²) < 4.78 is 0. The summed E-state index contributed by atoms with van der Waals surface area (Å²) in [6.07, 6.45) is 10.1. The van der Waals surface area contributed by atoms with Crippen molar-refractivity contribution >= 4 is 17.7 Å². The predicted molar refractivity (Wildman–Crippen MR) is 104 cm³/mol. The minimum absolute atomic E-state index is 0.256. The third kappa shape index (κ3) is 4.20. The Morgan fingerprint density at radius 3 is 2.36 bits per heavy atom. The Morgan fingerprint density at radius 1 is 0.893 bits per heavy atom. The van der Waals surface area contributed by atoms with E-state index in [1.165, 1.54) is 6.20 Å². The molecule has 9 nitrogen and oxygen atoms in total. The Hall–Kier alpha value is -3.62. The average Bonchev–Trinajstić information content (AvgIpc) is 2.79. The Kier molecular flexibility index (Phi) is 5.32. The number of anilines is 2. The van der Waals surface area contributed by atoms with E-state index in [1.54, 1.807) is 31.0 Å². The van der Waals surface area contributed by atoms with Crippen molar-refractivity contribution in [1.82, 2.24) is 30.2 Å². The third-order valence-electron chi connectivity index (χ3n) is 4.49. The lowest BCUT2D eigenvalue weighted by atomic mass is 10.3. The van der Waals surface area contributed by atoms with Crippen LogP contribution < -0.4 is 15.1 Å². The van der Waals surface area contributed by atoms with Crippen LogP contribution in [0.4, 0.5) is 11.8 Å². The molecule has 3 aromatic rings. The molecule has 0 atom stereocenters. The second-order valence-electron chi connectivity index (χ2n) is 6.33. The highest BCUT2D eigenvalue weighted by molar-refractivity contribution is 5.91. The summed E-state index contributed by atoms with van der Waals surface area (Å²) in [6, 6.07) is 5.55.